The molecule has 1 aromatic heterocycles. The number of fused-ring (bicyclic) bond motifs is 1. The van der Waals surface area contributed by atoms with Gasteiger partial charge in [0.2, 0.25) is 0 Å². The summed E-state index contributed by atoms with van der Waals surface area (Å²) in [5, 5.41) is 1.37. The SMILES string of the molecule is O=c1c2ccccc2nc(-c2ccc(N=Cc3ccccc3)cc2)n1-c1ccc(Cl)cc1Cl. The van der Waals surface area contributed by atoms with Crippen molar-refractivity contribution < 1.29 is 0 Å². The van der Waals surface area contributed by atoms with Crippen LogP contribution in [0.3, 0.4) is 0 Å². The van der Waals surface area contributed by atoms with Crippen LogP contribution in [0.15, 0.2) is 107 Å². The quantitative estimate of drug-likeness (QED) is 0.263. The Hall–Kier alpha value is -3.73. The molecule has 0 spiro atoms. The van der Waals surface area contributed by atoms with Crippen LogP contribution in [0.1, 0.15) is 5.56 Å². The van der Waals surface area contributed by atoms with E-state index in [1.54, 1.807) is 24.3 Å². The highest BCUT2D eigenvalue weighted by atomic mass is 35.5. The molecule has 0 radical (unpaired) electrons. The first-order valence-electron chi connectivity index (χ1n) is 10.3. The monoisotopic (exact) mass is 469 g/mol. The van der Waals surface area contributed by atoms with E-state index in [1.165, 1.54) is 4.57 Å². The van der Waals surface area contributed by atoms with Crippen molar-refractivity contribution in [1.29, 1.82) is 0 Å². The van der Waals surface area contributed by atoms with Crippen molar-refractivity contribution >= 4 is 46.0 Å². The largest absolute Gasteiger partial charge is 0.268 e. The second-order valence-electron chi connectivity index (χ2n) is 7.40. The Kier molecular flexibility index (Phi) is 5.78. The van der Waals surface area contributed by atoms with E-state index in [2.05, 4.69) is 4.99 Å². The number of hydrogen-bond donors (Lipinski definition) is 0. The average molecular weight is 470 g/mol. The molecule has 0 N–H and O–H groups in total. The van der Waals surface area contributed by atoms with Crippen molar-refractivity contribution in [2.75, 3.05) is 0 Å². The van der Waals surface area contributed by atoms with Crippen molar-refractivity contribution in [2.45, 2.75) is 0 Å². The third kappa shape index (κ3) is 4.31. The number of para-hydroxylation sites is 1. The van der Waals surface area contributed by atoms with Crippen LogP contribution in [0.5, 0.6) is 0 Å². The molecule has 0 atom stereocenters. The Bertz CT molecular complexity index is 1540. The Morgan fingerprint density at radius 3 is 2.30 bits per heavy atom. The van der Waals surface area contributed by atoms with Crippen LogP contribution in [0.4, 0.5) is 5.69 Å². The van der Waals surface area contributed by atoms with Crippen molar-refractivity contribution in [3.63, 3.8) is 0 Å². The molecule has 0 aliphatic carbocycles. The van der Waals surface area contributed by atoms with Gasteiger partial charge in [0.25, 0.3) is 5.56 Å². The Balaban J connectivity index is 1.64. The lowest BCUT2D eigenvalue weighted by atomic mass is 10.1. The van der Waals surface area contributed by atoms with Crippen LogP contribution in [-0.4, -0.2) is 15.8 Å². The maximum Gasteiger partial charge on any atom is 0.266 e. The Labute approximate surface area is 200 Å². The van der Waals surface area contributed by atoms with Crippen LogP contribution >= 0.6 is 23.2 Å². The molecule has 0 fully saturated rings. The van der Waals surface area contributed by atoms with Crippen molar-refractivity contribution in [1.82, 2.24) is 9.55 Å². The summed E-state index contributed by atoms with van der Waals surface area (Å²) in [4.78, 5) is 22.8. The fourth-order valence-electron chi connectivity index (χ4n) is 3.60. The van der Waals surface area contributed by atoms with Crippen molar-refractivity contribution in [2.24, 2.45) is 4.99 Å². The number of nitrogens with zero attached hydrogens (tertiary/aromatic N) is 3. The maximum atomic E-state index is 13.5. The zero-order valence-corrected chi connectivity index (χ0v) is 18.8. The molecule has 33 heavy (non-hydrogen) atoms. The van der Waals surface area contributed by atoms with Crippen LogP contribution < -0.4 is 5.56 Å². The molecule has 0 aliphatic heterocycles. The summed E-state index contributed by atoms with van der Waals surface area (Å²) in [6, 6.07) is 29.8. The molecule has 0 unspecified atom stereocenters. The minimum Gasteiger partial charge on any atom is -0.268 e. The summed E-state index contributed by atoms with van der Waals surface area (Å²) in [7, 11) is 0. The highest BCUT2D eigenvalue weighted by Crippen LogP contribution is 2.29. The zero-order chi connectivity index (χ0) is 22.8. The number of benzene rings is 4. The summed E-state index contributed by atoms with van der Waals surface area (Å²) >= 11 is 12.6. The van der Waals surface area contributed by atoms with Gasteiger partial charge in [0.15, 0.2) is 0 Å². The van der Waals surface area contributed by atoms with Crippen LogP contribution in [0.2, 0.25) is 10.0 Å². The van der Waals surface area contributed by atoms with Crippen molar-refractivity contribution in [3.8, 4) is 17.1 Å². The molecule has 160 valence electrons. The average Bonchev–Trinajstić information content (AvgIpc) is 2.84. The lowest BCUT2D eigenvalue weighted by Crippen LogP contribution is -2.22. The van der Waals surface area contributed by atoms with E-state index in [0.717, 1.165) is 16.8 Å². The first kappa shape index (κ1) is 21.1. The lowest BCUT2D eigenvalue weighted by molar-refractivity contribution is 0.976. The third-order valence-corrected chi connectivity index (χ3v) is 5.75. The molecule has 6 heteroatoms. The van der Waals surface area contributed by atoms with Gasteiger partial charge < -0.3 is 0 Å². The van der Waals surface area contributed by atoms with Gasteiger partial charge in [0, 0.05) is 16.8 Å². The molecular weight excluding hydrogens is 453 g/mol. The highest BCUT2D eigenvalue weighted by molar-refractivity contribution is 6.35. The molecule has 0 saturated heterocycles. The minimum atomic E-state index is -0.203. The predicted molar refractivity (Wildman–Crippen MR) is 136 cm³/mol. The normalized spacial score (nSPS) is 11.3. The molecule has 5 aromatic rings. The first-order chi connectivity index (χ1) is 16.1. The number of rotatable bonds is 4. The van der Waals surface area contributed by atoms with Gasteiger partial charge >= 0.3 is 0 Å². The maximum absolute atomic E-state index is 13.5. The number of aliphatic imine (C=N–C) groups is 1. The molecule has 5 rings (SSSR count). The molecular formula is C27H17Cl2N3O. The smallest absolute Gasteiger partial charge is 0.266 e. The topological polar surface area (TPSA) is 47.2 Å². The van der Waals surface area contributed by atoms with Gasteiger partial charge in [0.1, 0.15) is 5.82 Å². The minimum absolute atomic E-state index is 0.203. The summed E-state index contributed by atoms with van der Waals surface area (Å²) in [5.41, 5.74) is 3.51. The van der Waals surface area contributed by atoms with Gasteiger partial charge in [-0.2, -0.15) is 0 Å². The summed E-state index contributed by atoms with van der Waals surface area (Å²) in [6.07, 6.45) is 1.81. The van der Waals surface area contributed by atoms with Crippen LogP contribution in [0, 0.1) is 0 Å². The van der Waals surface area contributed by atoms with E-state index in [9.17, 15) is 4.79 Å². The van der Waals surface area contributed by atoms with Gasteiger partial charge in [-0.1, -0.05) is 65.7 Å². The zero-order valence-electron chi connectivity index (χ0n) is 17.3. The van der Waals surface area contributed by atoms with Gasteiger partial charge in [-0.05, 0) is 60.2 Å². The van der Waals surface area contributed by atoms with E-state index in [-0.39, 0.29) is 5.56 Å². The lowest BCUT2D eigenvalue weighted by Gasteiger charge is -2.15. The first-order valence-corrected chi connectivity index (χ1v) is 11.0. The summed E-state index contributed by atoms with van der Waals surface area (Å²) in [6.45, 7) is 0. The van der Waals surface area contributed by atoms with Gasteiger partial charge in [-0.15, -0.1) is 0 Å². The van der Waals surface area contributed by atoms with Gasteiger partial charge in [-0.3, -0.25) is 14.4 Å². The number of hydrogen-bond acceptors (Lipinski definition) is 3. The fraction of sp³-hybridized carbons (Fsp3) is 0. The van der Waals surface area contributed by atoms with E-state index >= 15 is 0 Å². The third-order valence-electron chi connectivity index (χ3n) is 5.21. The van der Waals surface area contributed by atoms with E-state index in [0.29, 0.717) is 32.5 Å². The fourth-order valence-corrected chi connectivity index (χ4v) is 4.09. The molecule has 0 saturated carbocycles. The predicted octanol–water partition coefficient (Wildman–Crippen LogP) is 7.11. The standard InChI is InChI=1S/C27H17Cl2N3O/c28-20-12-15-25(23(29)16-20)32-26(31-24-9-5-4-8-22(24)27(32)33)19-10-13-21(14-11-19)30-17-18-6-2-1-3-7-18/h1-17H. The Morgan fingerprint density at radius 1 is 0.818 bits per heavy atom. The number of aromatic nitrogens is 2. The molecule has 0 amide bonds. The van der Waals surface area contributed by atoms with Crippen LogP contribution in [-0.2, 0) is 0 Å². The molecule has 1 heterocycles. The van der Waals surface area contributed by atoms with Gasteiger partial charge in [-0.25, -0.2) is 4.98 Å². The van der Waals surface area contributed by atoms with E-state index in [4.69, 9.17) is 28.2 Å². The summed E-state index contributed by atoms with van der Waals surface area (Å²) in [5.74, 6) is 0.488. The van der Waals surface area contributed by atoms with Crippen LogP contribution in [0.25, 0.3) is 28.0 Å². The Morgan fingerprint density at radius 2 is 1.55 bits per heavy atom. The molecule has 4 nitrogen and oxygen atoms in total. The molecule has 4 aromatic carbocycles. The van der Waals surface area contributed by atoms with Gasteiger partial charge in [0.05, 0.1) is 27.3 Å². The summed E-state index contributed by atoms with van der Waals surface area (Å²) < 4.78 is 1.53. The molecule has 0 aliphatic rings. The second-order valence-corrected chi connectivity index (χ2v) is 8.25. The van der Waals surface area contributed by atoms with E-state index in [1.807, 2.05) is 79.0 Å². The highest BCUT2D eigenvalue weighted by Gasteiger charge is 2.16. The second kappa shape index (κ2) is 9.02. The molecule has 0 bridgehead atoms. The van der Waals surface area contributed by atoms with E-state index < -0.39 is 0 Å². The van der Waals surface area contributed by atoms with Crippen molar-refractivity contribution in [3.05, 3.63) is 123 Å². The number of halogens is 2.